The molecule has 0 aliphatic rings. The topological polar surface area (TPSA) is 74.3 Å². The van der Waals surface area contributed by atoms with Crippen molar-refractivity contribution in [1.29, 1.82) is 0 Å². The van der Waals surface area contributed by atoms with Crippen molar-refractivity contribution in [3.63, 3.8) is 0 Å². The molecule has 3 aromatic heterocycles. The maximum absolute atomic E-state index is 13.0. The minimum atomic E-state index is 0.0820. The summed E-state index contributed by atoms with van der Waals surface area (Å²) in [6.45, 7) is 8.78. The number of thioether (sulfide) groups is 1. The van der Waals surface area contributed by atoms with Gasteiger partial charge in [-0.3, -0.25) is 4.79 Å². The number of benzene rings is 1. The lowest BCUT2D eigenvalue weighted by atomic mass is 10.1. The van der Waals surface area contributed by atoms with Gasteiger partial charge in [-0.1, -0.05) is 23.9 Å². The zero-order valence-electron chi connectivity index (χ0n) is 19.0. The van der Waals surface area contributed by atoms with Crippen LogP contribution in [0.5, 0.6) is 5.75 Å². The van der Waals surface area contributed by atoms with E-state index in [9.17, 15) is 4.79 Å². The van der Waals surface area contributed by atoms with Crippen molar-refractivity contribution in [1.82, 2.24) is 24.1 Å². The van der Waals surface area contributed by atoms with E-state index in [1.54, 1.807) is 11.6 Å². The molecule has 0 spiro atoms. The van der Waals surface area contributed by atoms with Gasteiger partial charge >= 0.3 is 0 Å². The molecule has 8 heteroatoms. The second-order valence-corrected chi connectivity index (χ2v) is 8.83. The predicted octanol–water partition coefficient (Wildman–Crippen LogP) is 4.39. The lowest BCUT2D eigenvalue weighted by Gasteiger charge is -2.10. The largest absolute Gasteiger partial charge is 0.497 e. The molecule has 0 amide bonds. The molecule has 0 atom stereocenters. The summed E-state index contributed by atoms with van der Waals surface area (Å²) in [6, 6.07) is 12.1. The molecular weight excluding hydrogens is 422 g/mol. The van der Waals surface area contributed by atoms with Crippen molar-refractivity contribution in [3.8, 4) is 5.75 Å². The van der Waals surface area contributed by atoms with Gasteiger partial charge in [0.05, 0.1) is 12.9 Å². The highest BCUT2D eigenvalue weighted by atomic mass is 32.2. The minimum absolute atomic E-state index is 0.0820. The van der Waals surface area contributed by atoms with Gasteiger partial charge < -0.3 is 9.30 Å². The number of aryl methyl sites for hydroxylation is 4. The van der Waals surface area contributed by atoms with Crippen LogP contribution in [0.1, 0.15) is 38.7 Å². The first-order valence-electron chi connectivity index (χ1n) is 10.5. The van der Waals surface area contributed by atoms with Gasteiger partial charge in [0.1, 0.15) is 5.75 Å². The van der Waals surface area contributed by atoms with Crippen LogP contribution < -0.4 is 4.74 Å². The molecule has 0 aliphatic carbocycles. The number of hydrogen-bond donors (Lipinski definition) is 0. The first-order chi connectivity index (χ1) is 15.4. The normalized spacial score (nSPS) is 11.3. The van der Waals surface area contributed by atoms with Crippen molar-refractivity contribution in [3.05, 3.63) is 70.3 Å². The number of carbonyl (C=O) groups is 1. The summed E-state index contributed by atoms with van der Waals surface area (Å²) in [6.07, 6.45) is 0.889. The summed E-state index contributed by atoms with van der Waals surface area (Å²) in [5, 5.41) is 5.04. The molecule has 0 bridgehead atoms. The number of methoxy groups -OCH3 is 1. The molecule has 4 aromatic rings. The number of ketones is 1. The predicted molar refractivity (Wildman–Crippen MR) is 126 cm³/mol. The van der Waals surface area contributed by atoms with E-state index in [0.717, 1.165) is 47.1 Å². The van der Waals surface area contributed by atoms with Crippen molar-refractivity contribution in [2.45, 2.75) is 45.8 Å². The Bertz CT molecular complexity index is 1270. The summed E-state index contributed by atoms with van der Waals surface area (Å²) < 4.78 is 9.15. The van der Waals surface area contributed by atoms with E-state index in [0.29, 0.717) is 10.9 Å². The van der Waals surface area contributed by atoms with Gasteiger partial charge in [-0.25, -0.2) is 9.50 Å². The van der Waals surface area contributed by atoms with Crippen LogP contribution in [-0.4, -0.2) is 42.8 Å². The van der Waals surface area contributed by atoms with E-state index < -0.39 is 0 Å². The fourth-order valence-electron chi connectivity index (χ4n) is 3.88. The Hall–Kier alpha value is -3.13. The van der Waals surface area contributed by atoms with E-state index in [4.69, 9.17) is 4.74 Å². The Kier molecular flexibility index (Phi) is 6.32. The molecule has 7 nitrogen and oxygen atoms in total. The zero-order valence-corrected chi connectivity index (χ0v) is 19.9. The van der Waals surface area contributed by atoms with Crippen LogP contribution in [0, 0.1) is 27.7 Å². The molecule has 4 rings (SSSR count). The number of carbonyl (C=O) groups excluding carboxylic acids is 1. The van der Waals surface area contributed by atoms with E-state index >= 15 is 0 Å². The Morgan fingerprint density at radius 1 is 1.03 bits per heavy atom. The molecule has 0 N–H and O–H groups in total. The van der Waals surface area contributed by atoms with Gasteiger partial charge in [0, 0.05) is 34.9 Å². The summed E-state index contributed by atoms with van der Waals surface area (Å²) in [5.41, 5.74) is 5.95. The second-order valence-electron chi connectivity index (χ2n) is 7.89. The van der Waals surface area contributed by atoms with Crippen LogP contribution >= 0.6 is 11.8 Å². The second kappa shape index (κ2) is 9.16. The number of nitrogens with zero attached hydrogens (tertiary/aromatic N) is 5. The maximum Gasteiger partial charge on any atom is 0.253 e. The van der Waals surface area contributed by atoms with Gasteiger partial charge in [0.15, 0.2) is 5.78 Å². The molecule has 0 fully saturated rings. The molecule has 3 heterocycles. The molecule has 0 saturated heterocycles. The molecule has 0 radical (unpaired) electrons. The monoisotopic (exact) mass is 449 g/mol. The molecule has 32 heavy (non-hydrogen) atoms. The number of fused-ring (bicyclic) bond motifs is 1. The van der Waals surface area contributed by atoms with Gasteiger partial charge in [-0.15, -0.1) is 5.10 Å². The SMILES string of the molecule is COc1ccc(CCn2c(C)cc(C(=O)CSc3nc4nc(C)cc(C)n4n3)c2C)cc1. The molecule has 0 unspecified atom stereocenters. The number of rotatable bonds is 8. The van der Waals surface area contributed by atoms with Gasteiger partial charge in [0.2, 0.25) is 5.16 Å². The third-order valence-corrected chi connectivity index (χ3v) is 6.43. The van der Waals surface area contributed by atoms with Gasteiger partial charge in [-0.2, -0.15) is 4.98 Å². The average molecular weight is 450 g/mol. The summed E-state index contributed by atoms with van der Waals surface area (Å²) in [5.74, 6) is 1.79. The smallest absolute Gasteiger partial charge is 0.253 e. The Balaban J connectivity index is 1.43. The van der Waals surface area contributed by atoms with E-state index in [2.05, 4.69) is 31.8 Å². The molecule has 166 valence electrons. The van der Waals surface area contributed by atoms with Crippen molar-refractivity contribution >= 4 is 23.3 Å². The Morgan fingerprint density at radius 2 is 1.78 bits per heavy atom. The number of ether oxygens (including phenoxy) is 1. The average Bonchev–Trinajstić information content (AvgIpc) is 3.31. The zero-order chi connectivity index (χ0) is 22.8. The summed E-state index contributed by atoms with van der Waals surface area (Å²) in [7, 11) is 1.67. The first kappa shape index (κ1) is 22.1. The van der Waals surface area contributed by atoms with E-state index in [1.807, 2.05) is 52.0 Å². The van der Waals surface area contributed by atoms with Crippen LogP contribution in [0.4, 0.5) is 0 Å². The highest BCUT2D eigenvalue weighted by Gasteiger charge is 2.17. The third kappa shape index (κ3) is 4.55. The van der Waals surface area contributed by atoms with Crippen molar-refractivity contribution in [2.75, 3.05) is 12.9 Å². The number of aromatic nitrogens is 5. The van der Waals surface area contributed by atoms with E-state index in [1.165, 1.54) is 17.3 Å². The van der Waals surface area contributed by atoms with Crippen LogP contribution in [0.25, 0.3) is 5.78 Å². The van der Waals surface area contributed by atoms with Gasteiger partial charge in [0.25, 0.3) is 5.78 Å². The number of hydrogen-bond acceptors (Lipinski definition) is 6. The quantitative estimate of drug-likeness (QED) is 0.293. The summed E-state index contributed by atoms with van der Waals surface area (Å²) >= 11 is 1.35. The fraction of sp³-hybridized carbons (Fsp3) is 0.333. The molecule has 0 aliphatic heterocycles. The van der Waals surface area contributed by atoms with Gasteiger partial charge in [-0.05, 0) is 63.9 Å². The van der Waals surface area contributed by atoms with Crippen molar-refractivity contribution < 1.29 is 9.53 Å². The summed E-state index contributed by atoms with van der Waals surface area (Å²) in [4.78, 5) is 21.8. The maximum atomic E-state index is 13.0. The number of Topliss-reactive ketones (excluding diaryl/α,β-unsaturated/α-hetero) is 1. The molecule has 1 aromatic carbocycles. The van der Waals surface area contributed by atoms with Crippen LogP contribution in [0.15, 0.2) is 41.6 Å². The Morgan fingerprint density at radius 3 is 2.50 bits per heavy atom. The molecular formula is C24H27N5O2S. The fourth-order valence-corrected chi connectivity index (χ4v) is 4.58. The van der Waals surface area contributed by atoms with Crippen LogP contribution in [0.3, 0.4) is 0 Å². The lowest BCUT2D eigenvalue weighted by Crippen LogP contribution is -2.08. The standard InChI is InChI=1S/C24H27N5O2S/c1-15-12-17(3)29-23(25-15)26-24(27-29)32-14-22(30)21-13-16(2)28(18(21)4)11-10-19-6-8-20(31-5)9-7-19/h6-9,12-13H,10-11,14H2,1-5H3. The van der Waals surface area contributed by atoms with Crippen LogP contribution in [0.2, 0.25) is 0 Å². The van der Waals surface area contributed by atoms with E-state index in [-0.39, 0.29) is 11.5 Å². The molecule has 0 saturated carbocycles. The Labute approximate surface area is 191 Å². The van der Waals surface area contributed by atoms with Crippen LogP contribution in [-0.2, 0) is 13.0 Å². The third-order valence-electron chi connectivity index (χ3n) is 5.59. The minimum Gasteiger partial charge on any atom is -0.497 e. The first-order valence-corrected chi connectivity index (χ1v) is 11.5. The lowest BCUT2D eigenvalue weighted by molar-refractivity contribution is 0.102. The highest BCUT2D eigenvalue weighted by molar-refractivity contribution is 7.99. The van der Waals surface area contributed by atoms with Crippen molar-refractivity contribution in [2.24, 2.45) is 0 Å². The highest BCUT2D eigenvalue weighted by Crippen LogP contribution is 2.22.